The Hall–Kier alpha value is -2.67. The quantitative estimate of drug-likeness (QED) is 0.792. The number of imidazole rings is 1. The molecule has 1 atom stereocenters. The number of ether oxygens (including phenoxy) is 1. The van der Waals surface area contributed by atoms with Crippen LogP contribution in [0.5, 0.6) is 5.75 Å². The lowest BCUT2D eigenvalue weighted by Crippen LogP contribution is -2.43. The molecule has 4 rings (SSSR count). The molecule has 25 heavy (non-hydrogen) atoms. The Labute approximate surface area is 146 Å². The van der Waals surface area contributed by atoms with Gasteiger partial charge in [0.05, 0.1) is 20.3 Å². The number of hydrogen-bond donors (Lipinski definition) is 1. The third kappa shape index (κ3) is 2.80. The van der Waals surface area contributed by atoms with Crippen LogP contribution in [0.3, 0.4) is 0 Å². The standard InChI is InChI=1S/C18H20FN5O/c1-25-16-5-4-12(9-14(16)19)15-10-22-18-17(21-6-8-24(15)18)23-7-2-3-13(20)11-23/h4-6,8-10,13H,2-3,7,11,20H2,1H3/i10D. The lowest BCUT2D eigenvalue weighted by atomic mass is 10.1. The minimum Gasteiger partial charge on any atom is -0.494 e. The Morgan fingerprint density at radius 1 is 1.40 bits per heavy atom. The number of nitrogens with two attached hydrogens (primary N) is 1. The first-order valence-electron chi connectivity index (χ1n) is 8.76. The van der Waals surface area contributed by atoms with Crippen molar-refractivity contribution in [2.24, 2.45) is 5.73 Å². The molecule has 1 aromatic carbocycles. The fourth-order valence-corrected chi connectivity index (χ4v) is 3.29. The highest BCUT2D eigenvalue weighted by Crippen LogP contribution is 2.29. The number of piperidine rings is 1. The summed E-state index contributed by atoms with van der Waals surface area (Å²) in [5, 5.41) is 0. The van der Waals surface area contributed by atoms with Crippen molar-refractivity contribution in [2.45, 2.75) is 18.9 Å². The van der Waals surface area contributed by atoms with Gasteiger partial charge in [0.1, 0.15) is 0 Å². The number of hydrogen-bond acceptors (Lipinski definition) is 5. The average molecular weight is 342 g/mol. The predicted molar refractivity (Wildman–Crippen MR) is 94.4 cm³/mol. The minimum absolute atomic E-state index is 0.0742. The topological polar surface area (TPSA) is 68.7 Å². The summed E-state index contributed by atoms with van der Waals surface area (Å²) in [6.45, 7) is 1.56. The number of benzene rings is 1. The summed E-state index contributed by atoms with van der Waals surface area (Å²) < 4.78 is 29.2. The van der Waals surface area contributed by atoms with E-state index in [1.165, 1.54) is 13.2 Å². The molecule has 1 unspecified atom stereocenters. The molecule has 2 aromatic heterocycles. The molecular formula is C18H20FN5O. The first kappa shape index (κ1) is 14.7. The summed E-state index contributed by atoms with van der Waals surface area (Å²) in [5.41, 5.74) is 7.75. The van der Waals surface area contributed by atoms with E-state index in [-0.39, 0.29) is 18.0 Å². The lowest BCUT2D eigenvalue weighted by molar-refractivity contribution is 0.386. The van der Waals surface area contributed by atoms with Gasteiger partial charge in [-0.05, 0) is 31.0 Å². The highest BCUT2D eigenvalue weighted by atomic mass is 19.1. The summed E-state index contributed by atoms with van der Waals surface area (Å²) in [4.78, 5) is 11.0. The van der Waals surface area contributed by atoms with Gasteiger partial charge in [0, 0.05) is 37.1 Å². The zero-order valence-electron chi connectivity index (χ0n) is 14.9. The molecule has 0 saturated carbocycles. The smallest absolute Gasteiger partial charge is 0.180 e. The van der Waals surface area contributed by atoms with Crippen LogP contribution in [0.1, 0.15) is 14.2 Å². The third-order valence-corrected chi connectivity index (χ3v) is 4.53. The van der Waals surface area contributed by atoms with Crippen LogP contribution in [-0.2, 0) is 0 Å². The molecule has 0 aliphatic carbocycles. The molecule has 3 heterocycles. The second kappa shape index (κ2) is 6.33. The molecule has 1 aliphatic heterocycles. The maximum atomic E-state index is 14.1. The molecule has 1 saturated heterocycles. The summed E-state index contributed by atoms with van der Waals surface area (Å²) in [5.74, 6) is 0.394. The largest absolute Gasteiger partial charge is 0.494 e. The summed E-state index contributed by atoms with van der Waals surface area (Å²) in [6.07, 6.45) is 5.48. The van der Waals surface area contributed by atoms with Gasteiger partial charge in [-0.15, -0.1) is 0 Å². The number of rotatable bonds is 3. The van der Waals surface area contributed by atoms with Crippen molar-refractivity contribution < 1.29 is 10.5 Å². The van der Waals surface area contributed by atoms with E-state index in [0.29, 0.717) is 29.3 Å². The molecule has 2 N–H and O–H groups in total. The fraction of sp³-hybridized carbons (Fsp3) is 0.333. The monoisotopic (exact) mass is 342 g/mol. The Morgan fingerprint density at radius 3 is 3.04 bits per heavy atom. The van der Waals surface area contributed by atoms with E-state index >= 15 is 0 Å². The normalized spacial score (nSPS) is 18.4. The first-order chi connectivity index (χ1) is 12.6. The molecule has 1 aliphatic rings. The van der Waals surface area contributed by atoms with E-state index in [9.17, 15) is 4.39 Å². The van der Waals surface area contributed by atoms with Gasteiger partial charge in [-0.3, -0.25) is 4.40 Å². The highest BCUT2D eigenvalue weighted by molar-refractivity contribution is 5.71. The Kier molecular flexibility index (Phi) is 3.71. The molecule has 0 bridgehead atoms. The molecule has 6 nitrogen and oxygen atoms in total. The van der Waals surface area contributed by atoms with E-state index in [1.807, 2.05) is 0 Å². The van der Waals surface area contributed by atoms with Crippen LogP contribution in [0.15, 0.2) is 36.8 Å². The Bertz CT molecular complexity index is 960. The van der Waals surface area contributed by atoms with E-state index < -0.39 is 5.82 Å². The zero-order chi connectivity index (χ0) is 18.3. The fourth-order valence-electron chi connectivity index (χ4n) is 3.29. The minimum atomic E-state index is -0.476. The molecule has 0 amide bonds. The van der Waals surface area contributed by atoms with Gasteiger partial charge in [0.2, 0.25) is 0 Å². The second-order valence-electron chi connectivity index (χ2n) is 6.21. The molecular weight excluding hydrogens is 321 g/mol. The number of methoxy groups -OCH3 is 1. The first-order valence-corrected chi connectivity index (χ1v) is 8.26. The number of halogens is 1. The van der Waals surface area contributed by atoms with Crippen molar-refractivity contribution in [3.63, 3.8) is 0 Å². The van der Waals surface area contributed by atoms with E-state index in [1.54, 1.807) is 28.9 Å². The Morgan fingerprint density at radius 2 is 2.28 bits per heavy atom. The van der Waals surface area contributed by atoms with Crippen LogP contribution in [0, 0.1) is 5.82 Å². The maximum absolute atomic E-state index is 14.1. The summed E-state index contributed by atoms with van der Waals surface area (Å²) in [7, 11) is 1.42. The van der Waals surface area contributed by atoms with Crippen LogP contribution in [-0.4, -0.2) is 40.6 Å². The molecule has 0 radical (unpaired) electrons. The lowest BCUT2D eigenvalue weighted by Gasteiger charge is -2.31. The van der Waals surface area contributed by atoms with Crippen molar-refractivity contribution in [3.8, 4) is 17.0 Å². The molecule has 7 heteroatoms. The number of nitrogens with zero attached hydrogens (tertiary/aromatic N) is 4. The highest BCUT2D eigenvalue weighted by Gasteiger charge is 2.21. The van der Waals surface area contributed by atoms with Gasteiger partial charge in [-0.25, -0.2) is 14.4 Å². The van der Waals surface area contributed by atoms with Crippen molar-refractivity contribution in [1.82, 2.24) is 14.4 Å². The van der Waals surface area contributed by atoms with Gasteiger partial charge < -0.3 is 15.4 Å². The van der Waals surface area contributed by atoms with Crippen LogP contribution in [0.4, 0.5) is 10.2 Å². The molecule has 1 fully saturated rings. The van der Waals surface area contributed by atoms with Crippen molar-refractivity contribution in [3.05, 3.63) is 42.6 Å². The van der Waals surface area contributed by atoms with Crippen molar-refractivity contribution in [2.75, 3.05) is 25.1 Å². The predicted octanol–water partition coefficient (Wildman–Crippen LogP) is 2.47. The average Bonchev–Trinajstić information content (AvgIpc) is 2.97. The van der Waals surface area contributed by atoms with Crippen molar-refractivity contribution >= 4 is 11.5 Å². The van der Waals surface area contributed by atoms with Gasteiger partial charge in [0.15, 0.2) is 23.0 Å². The zero-order valence-corrected chi connectivity index (χ0v) is 13.9. The number of aromatic nitrogens is 3. The summed E-state index contributed by atoms with van der Waals surface area (Å²) in [6, 6.07) is 4.73. The van der Waals surface area contributed by atoms with Gasteiger partial charge in [0.25, 0.3) is 0 Å². The third-order valence-electron chi connectivity index (χ3n) is 4.53. The van der Waals surface area contributed by atoms with Gasteiger partial charge in [-0.2, -0.15) is 0 Å². The SMILES string of the molecule is [2H]c1nc2c(N3CCCC(N)C3)nccn2c1-c1ccc(OC)c(F)c1. The van der Waals surface area contributed by atoms with Crippen LogP contribution in [0.2, 0.25) is 0 Å². The van der Waals surface area contributed by atoms with E-state index in [0.717, 1.165) is 19.4 Å². The maximum Gasteiger partial charge on any atom is 0.180 e. The Balaban J connectivity index is 1.83. The van der Waals surface area contributed by atoms with Crippen LogP contribution < -0.4 is 15.4 Å². The molecule has 0 spiro atoms. The van der Waals surface area contributed by atoms with Gasteiger partial charge in [-0.1, -0.05) is 0 Å². The van der Waals surface area contributed by atoms with Crippen LogP contribution >= 0.6 is 0 Å². The number of fused-ring (bicyclic) bond motifs is 1. The number of anilines is 1. The molecule has 3 aromatic rings. The van der Waals surface area contributed by atoms with E-state index in [4.69, 9.17) is 11.8 Å². The van der Waals surface area contributed by atoms with Crippen LogP contribution in [0.25, 0.3) is 16.9 Å². The second-order valence-corrected chi connectivity index (χ2v) is 6.21. The summed E-state index contributed by atoms with van der Waals surface area (Å²) >= 11 is 0. The molecule has 130 valence electrons. The van der Waals surface area contributed by atoms with E-state index in [2.05, 4.69) is 14.9 Å². The van der Waals surface area contributed by atoms with Gasteiger partial charge >= 0.3 is 0 Å². The van der Waals surface area contributed by atoms with Crippen molar-refractivity contribution in [1.29, 1.82) is 0 Å².